The van der Waals surface area contributed by atoms with Crippen LogP contribution in [0.2, 0.25) is 0 Å². The molecule has 0 spiro atoms. The number of nitrogens with zero attached hydrogens (tertiary/aromatic N) is 2. The zero-order valence-electron chi connectivity index (χ0n) is 10.4. The van der Waals surface area contributed by atoms with Crippen LogP contribution in [0.15, 0.2) is 18.3 Å². The number of aryl methyl sites for hydroxylation is 2. The summed E-state index contributed by atoms with van der Waals surface area (Å²) in [4.78, 5) is 4.52. The Balaban J connectivity index is 2.19. The summed E-state index contributed by atoms with van der Waals surface area (Å²) >= 11 is 0. The van der Waals surface area contributed by atoms with E-state index in [9.17, 15) is 0 Å². The van der Waals surface area contributed by atoms with E-state index in [1.165, 1.54) is 0 Å². The molecule has 0 atom stereocenters. The summed E-state index contributed by atoms with van der Waals surface area (Å²) in [6, 6.07) is 3.95. The quantitative estimate of drug-likeness (QED) is 0.804. The fourth-order valence-corrected chi connectivity index (χ4v) is 1.82. The van der Waals surface area contributed by atoms with Crippen LogP contribution in [-0.4, -0.2) is 22.5 Å². The monoisotopic (exact) mass is 233 g/mol. The second-order valence-electron chi connectivity index (χ2n) is 4.19. The molecule has 0 aliphatic rings. The summed E-state index contributed by atoms with van der Waals surface area (Å²) in [6.07, 6.45) is 3.99. The van der Waals surface area contributed by atoms with Crippen LogP contribution in [-0.2, 0) is 0 Å². The van der Waals surface area contributed by atoms with E-state index >= 15 is 0 Å². The highest BCUT2D eigenvalue weighted by Gasteiger charge is 2.08. The first-order valence-corrected chi connectivity index (χ1v) is 6.01. The lowest BCUT2D eigenvalue weighted by molar-refractivity contribution is 0.309. The van der Waals surface area contributed by atoms with Gasteiger partial charge in [0.2, 0.25) is 0 Å². The maximum Gasteiger partial charge on any atom is 0.180 e. The molecule has 0 saturated heterocycles. The van der Waals surface area contributed by atoms with Gasteiger partial charge in [0.1, 0.15) is 0 Å². The van der Waals surface area contributed by atoms with Crippen molar-refractivity contribution < 1.29 is 4.74 Å². The first kappa shape index (κ1) is 11.9. The smallest absolute Gasteiger partial charge is 0.180 e. The number of imidazole rings is 1. The summed E-state index contributed by atoms with van der Waals surface area (Å²) in [5, 5.41) is 0. The van der Waals surface area contributed by atoms with Crippen molar-refractivity contribution in [3.8, 4) is 5.75 Å². The van der Waals surface area contributed by atoms with Gasteiger partial charge in [-0.25, -0.2) is 4.98 Å². The third kappa shape index (κ3) is 2.42. The number of pyridine rings is 1. The Hall–Kier alpha value is -1.55. The van der Waals surface area contributed by atoms with Crippen LogP contribution in [0.1, 0.15) is 24.2 Å². The number of aromatic nitrogens is 2. The molecule has 0 aliphatic heterocycles. The summed E-state index contributed by atoms with van der Waals surface area (Å²) in [5.41, 5.74) is 8.55. The molecule has 2 rings (SSSR count). The van der Waals surface area contributed by atoms with Crippen molar-refractivity contribution in [3.05, 3.63) is 29.7 Å². The zero-order valence-corrected chi connectivity index (χ0v) is 10.4. The molecule has 0 bridgehead atoms. The molecule has 2 aromatic heterocycles. The molecule has 0 saturated carbocycles. The summed E-state index contributed by atoms with van der Waals surface area (Å²) in [7, 11) is 0. The van der Waals surface area contributed by atoms with Crippen LogP contribution in [0, 0.1) is 13.8 Å². The highest BCUT2D eigenvalue weighted by Crippen LogP contribution is 2.21. The van der Waals surface area contributed by atoms with E-state index in [0.29, 0.717) is 6.61 Å². The van der Waals surface area contributed by atoms with Gasteiger partial charge in [-0.1, -0.05) is 0 Å². The van der Waals surface area contributed by atoms with Crippen LogP contribution in [0.5, 0.6) is 5.75 Å². The number of fused-ring (bicyclic) bond motifs is 1. The molecule has 4 heteroatoms. The second kappa shape index (κ2) is 5.19. The molecule has 0 unspecified atom stereocenters. The predicted octanol–water partition coefficient (Wildman–Crippen LogP) is 2.07. The molecule has 92 valence electrons. The summed E-state index contributed by atoms with van der Waals surface area (Å²) in [6.45, 7) is 5.49. The molecule has 0 aliphatic carbocycles. The van der Waals surface area contributed by atoms with E-state index in [4.69, 9.17) is 10.5 Å². The molecule has 2 aromatic rings. The largest absolute Gasteiger partial charge is 0.490 e. The van der Waals surface area contributed by atoms with E-state index in [-0.39, 0.29) is 0 Å². The van der Waals surface area contributed by atoms with Crippen molar-refractivity contribution in [1.82, 2.24) is 9.38 Å². The number of hydrogen-bond donors (Lipinski definition) is 1. The Morgan fingerprint density at radius 2 is 2.18 bits per heavy atom. The van der Waals surface area contributed by atoms with Gasteiger partial charge in [0.15, 0.2) is 11.4 Å². The fraction of sp³-hybridized carbons (Fsp3) is 0.462. The zero-order chi connectivity index (χ0) is 12.3. The second-order valence-corrected chi connectivity index (χ2v) is 4.19. The minimum atomic E-state index is 0.696. The molecule has 0 aromatic carbocycles. The SMILES string of the molecule is Cc1nc2c(OCCCCN)cccn2c1C. The van der Waals surface area contributed by atoms with Gasteiger partial charge in [0.25, 0.3) is 0 Å². The molecule has 0 amide bonds. The molecule has 0 radical (unpaired) electrons. The fourth-order valence-electron chi connectivity index (χ4n) is 1.82. The lowest BCUT2D eigenvalue weighted by atomic mass is 10.3. The van der Waals surface area contributed by atoms with Gasteiger partial charge in [-0.15, -0.1) is 0 Å². The van der Waals surface area contributed by atoms with E-state index in [1.807, 2.05) is 25.3 Å². The van der Waals surface area contributed by atoms with Crippen molar-refractivity contribution in [2.45, 2.75) is 26.7 Å². The number of nitrogens with two attached hydrogens (primary N) is 1. The third-order valence-electron chi connectivity index (χ3n) is 2.95. The highest BCUT2D eigenvalue weighted by molar-refractivity contribution is 5.55. The average Bonchev–Trinajstić information content (AvgIpc) is 2.62. The third-order valence-corrected chi connectivity index (χ3v) is 2.95. The Kier molecular flexibility index (Phi) is 3.64. The van der Waals surface area contributed by atoms with Crippen LogP contribution in [0.25, 0.3) is 5.65 Å². The van der Waals surface area contributed by atoms with Gasteiger partial charge in [-0.05, 0) is 45.4 Å². The first-order chi connectivity index (χ1) is 8.24. The van der Waals surface area contributed by atoms with Gasteiger partial charge in [0.05, 0.1) is 12.3 Å². The Bertz CT molecular complexity index is 505. The van der Waals surface area contributed by atoms with Crippen molar-refractivity contribution in [3.63, 3.8) is 0 Å². The number of hydrogen-bond acceptors (Lipinski definition) is 3. The Morgan fingerprint density at radius 3 is 2.94 bits per heavy atom. The first-order valence-electron chi connectivity index (χ1n) is 6.01. The topological polar surface area (TPSA) is 52.5 Å². The average molecular weight is 233 g/mol. The highest BCUT2D eigenvalue weighted by atomic mass is 16.5. The Labute approximate surface area is 101 Å². The Morgan fingerprint density at radius 1 is 1.35 bits per heavy atom. The minimum Gasteiger partial charge on any atom is -0.490 e. The lowest BCUT2D eigenvalue weighted by Crippen LogP contribution is -2.04. The molecule has 17 heavy (non-hydrogen) atoms. The molecule has 0 fully saturated rings. The van der Waals surface area contributed by atoms with Crippen molar-refractivity contribution >= 4 is 5.65 Å². The van der Waals surface area contributed by atoms with E-state index in [2.05, 4.69) is 16.3 Å². The molecular formula is C13H19N3O. The molecule has 4 nitrogen and oxygen atoms in total. The summed E-state index contributed by atoms with van der Waals surface area (Å²) in [5.74, 6) is 0.848. The maximum atomic E-state index is 5.75. The summed E-state index contributed by atoms with van der Waals surface area (Å²) < 4.78 is 7.81. The van der Waals surface area contributed by atoms with Gasteiger partial charge in [-0.2, -0.15) is 0 Å². The number of unbranched alkanes of at least 4 members (excludes halogenated alkanes) is 1. The van der Waals surface area contributed by atoms with Crippen LogP contribution in [0.3, 0.4) is 0 Å². The predicted molar refractivity (Wildman–Crippen MR) is 68.4 cm³/mol. The maximum absolute atomic E-state index is 5.75. The number of rotatable bonds is 5. The van der Waals surface area contributed by atoms with Crippen molar-refractivity contribution in [2.24, 2.45) is 5.73 Å². The van der Waals surface area contributed by atoms with E-state index < -0.39 is 0 Å². The van der Waals surface area contributed by atoms with Gasteiger partial charge in [-0.3, -0.25) is 0 Å². The lowest BCUT2D eigenvalue weighted by Gasteiger charge is -2.07. The molecule has 2 N–H and O–H groups in total. The van der Waals surface area contributed by atoms with Gasteiger partial charge < -0.3 is 14.9 Å². The van der Waals surface area contributed by atoms with Crippen molar-refractivity contribution in [2.75, 3.05) is 13.2 Å². The van der Waals surface area contributed by atoms with Gasteiger partial charge >= 0.3 is 0 Å². The number of ether oxygens (including phenoxy) is 1. The molecule has 2 heterocycles. The van der Waals surface area contributed by atoms with E-state index in [0.717, 1.165) is 42.2 Å². The van der Waals surface area contributed by atoms with Crippen LogP contribution in [0.4, 0.5) is 0 Å². The van der Waals surface area contributed by atoms with Crippen LogP contribution < -0.4 is 10.5 Å². The van der Waals surface area contributed by atoms with Crippen molar-refractivity contribution in [1.29, 1.82) is 0 Å². The normalized spacial score (nSPS) is 11.0. The van der Waals surface area contributed by atoms with Gasteiger partial charge in [0, 0.05) is 11.9 Å². The standard InChI is InChI=1S/C13H19N3O/c1-10-11(2)16-8-5-6-12(13(16)15-10)17-9-4-3-7-14/h5-6,8H,3-4,7,9,14H2,1-2H3. The minimum absolute atomic E-state index is 0.696. The molecular weight excluding hydrogens is 214 g/mol. The van der Waals surface area contributed by atoms with E-state index in [1.54, 1.807) is 0 Å². The van der Waals surface area contributed by atoms with Crippen LogP contribution >= 0.6 is 0 Å².